The molecule has 2 unspecified atom stereocenters. The van der Waals surface area contributed by atoms with Crippen LogP contribution in [0.3, 0.4) is 0 Å². The Kier molecular flexibility index (Phi) is 10.9. The van der Waals surface area contributed by atoms with Gasteiger partial charge in [0.05, 0.1) is 60.4 Å². The molecule has 278 valence electrons. The molecule has 4 aliphatic heterocycles. The van der Waals surface area contributed by atoms with Gasteiger partial charge in [-0.05, 0) is 50.8 Å². The van der Waals surface area contributed by atoms with Crippen molar-refractivity contribution in [3.63, 3.8) is 0 Å². The molecular formula is C35H38ClF5N8O3. The van der Waals surface area contributed by atoms with Crippen LogP contribution in [-0.4, -0.2) is 70.4 Å². The molecular weight excluding hydrogens is 711 g/mol. The summed E-state index contributed by atoms with van der Waals surface area (Å²) in [6.07, 6.45) is -1.53. The van der Waals surface area contributed by atoms with Gasteiger partial charge in [0.25, 0.3) is 5.91 Å². The van der Waals surface area contributed by atoms with Gasteiger partial charge in [-0.3, -0.25) is 14.4 Å². The number of amides is 1. The summed E-state index contributed by atoms with van der Waals surface area (Å²) >= 11 is 6.54. The lowest BCUT2D eigenvalue weighted by atomic mass is 9.91. The second kappa shape index (κ2) is 15.3. The molecule has 2 aromatic heterocycles. The minimum absolute atomic E-state index is 0.0269. The van der Waals surface area contributed by atoms with Gasteiger partial charge in [0.2, 0.25) is 0 Å². The van der Waals surface area contributed by atoms with Crippen molar-refractivity contribution in [3.8, 4) is 17.9 Å². The van der Waals surface area contributed by atoms with Crippen LogP contribution in [0.5, 0.6) is 6.01 Å². The highest BCUT2D eigenvalue weighted by Crippen LogP contribution is 2.45. The molecule has 3 aromatic rings. The molecule has 0 radical (unpaired) electrons. The van der Waals surface area contributed by atoms with Gasteiger partial charge in [-0.2, -0.15) is 28.2 Å². The molecule has 2 atom stereocenters. The number of benzene rings is 1. The number of nitrogens with zero attached hydrogens (tertiary/aromatic N) is 6. The molecule has 17 heteroatoms. The Bertz CT molecular complexity index is 1940. The van der Waals surface area contributed by atoms with Crippen molar-refractivity contribution >= 4 is 29.0 Å². The predicted octanol–water partition coefficient (Wildman–Crippen LogP) is 5.74. The van der Waals surface area contributed by atoms with Crippen molar-refractivity contribution in [3.05, 3.63) is 68.1 Å². The number of carbonyl (C=O) groups excluding carboxylic acids is 1. The second-order valence-corrected chi connectivity index (χ2v) is 13.3. The molecule has 2 fully saturated rings. The summed E-state index contributed by atoms with van der Waals surface area (Å²) in [6, 6.07) is 1.53. The lowest BCUT2D eigenvalue weighted by molar-refractivity contribution is -0.140. The summed E-state index contributed by atoms with van der Waals surface area (Å²) < 4.78 is 83.0. The number of nitrogens with two attached hydrogens (primary N) is 1. The maximum Gasteiger partial charge on any atom is 0.418 e. The number of ether oxygens (including phenoxy) is 2. The number of methoxy groups -OCH3 is 1. The van der Waals surface area contributed by atoms with E-state index in [2.05, 4.69) is 37.1 Å². The highest BCUT2D eigenvalue weighted by molar-refractivity contribution is 6.34. The molecule has 4 aliphatic rings. The van der Waals surface area contributed by atoms with Crippen LogP contribution in [0.4, 0.5) is 33.5 Å². The molecule has 1 amide bonds. The van der Waals surface area contributed by atoms with Crippen LogP contribution >= 0.6 is 11.6 Å². The van der Waals surface area contributed by atoms with E-state index in [1.165, 1.54) is 40.5 Å². The van der Waals surface area contributed by atoms with E-state index in [4.69, 9.17) is 26.8 Å². The number of aromatic nitrogens is 4. The fraction of sp³-hybridized carbons (Fsp3) is 0.486. The topological polar surface area (TPSA) is 124 Å². The number of hydrogen-bond acceptors (Lipinski definition) is 9. The lowest BCUT2D eigenvalue weighted by Crippen LogP contribution is -2.29. The number of anilines is 2. The fourth-order valence-electron chi connectivity index (χ4n) is 7.28. The van der Waals surface area contributed by atoms with Crippen molar-refractivity contribution in [2.24, 2.45) is 0 Å². The zero-order valence-electron chi connectivity index (χ0n) is 28.8. The smallest absolute Gasteiger partial charge is 0.418 e. The number of rotatable bonds is 4. The zero-order chi connectivity index (χ0) is 37.3. The van der Waals surface area contributed by atoms with Crippen LogP contribution in [0.1, 0.15) is 82.8 Å². The number of hydrogen-bond donors (Lipinski definition) is 2. The van der Waals surface area contributed by atoms with E-state index in [1.54, 1.807) is 4.68 Å². The maximum absolute atomic E-state index is 15.3. The molecule has 1 aromatic carbocycles. The normalized spacial score (nSPS) is 20.6. The molecule has 0 spiro atoms. The molecule has 7 rings (SSSR count). The second-order valence-electron chi connectivity index (χ2n) is 12.9. The van der Waals surface area contributed by atoms with Crippen LogP contribution in [0, 0.1) is 17.7 Å². The number of carbonyl (C=O) groups is 1. The van der Waals surface area contributed by atoms with Gasteiger partial charge in [-0.15, -0.1) is 5.92 Å². The van der Waals surface area contributed by atoms with Gasteiger partial charge in [0.1, 0.15) is 5.82 Å². The highest BCUT2D eigenvalue weighted by Gasteiger charge is 2.42. The average molecular weight is 749 g/mol. The van der Waals surface area contributed by atoms with Gasteiger partial charge in [0, 0.05) is 55.8 Å². The van der Waals surface area contributed by atoms with Gasteiger partial charge < -0.3 is 25.4 Å². The summed E-state index contributed by atoms with van der Waals surface area (Å²) in [7, 11) is 2.84. The number of halogens is 6. The minimum Gasteiger partial charge on any atom is -0.467 e. The van der Waals surface area contributed by atoms with Gasteiger partial charge in [0.15, 0.2) is 11.5 Å². The Morgan fingerprint density at radius 1 is 1.19 bits per heavy atom. The van der Waals surface area contributed by atoms with Crippen LogP contribution in [-0.2, 0) is 37.0 Å². The van der Waals surface area contributed by atoms with E-state index in [-0.39, 0.29) is 36.3 Å². The number of fused-ring (bicyclic) bond motifs is 3. The first-order valence-electron chi connectivity index (χ1n) is 16.8. The summed E-state index contributed by atoms with van der Waals surface area (Å²) in [5, 5.41) is 7.07. The van der Waals surface area contributed by atoms with E-state index in [1.807, 2.05) is 4.90 Å². The fourth-order valence-corrected chi connectivity index (χ4v) is 7.56. The van der Waals surface area contributed by atoms with Gasteiger partial charge in [-0.25, -0.2) is 8.78 Å². The van der Waals surface area contributed by atoms with Crippen LogP contribution in [0.25, 0.3) is 0 Å². The van der Waals surface area contributed by atoms with E-state index in [0.29, 0.717) is 48.3 Å². The Labute approximate surface area is 302 Å². The average Bonchev–Trinajstić information content (AvgIpc) is 3.77. The van der Waals surface area contributed by atoms with E-state index >= 15 is 4.39 Å². The lowest BCUT2D eigenvalue weighted by Gasteiger charge is -2.31. The predicted molar refractivity (Wildman–Crippen MR) is 183 cm³/mol. The number of nitrogens with one attached hydrogen (secondary N) is 1. The van der Waals surface area contributed by atoms with Crippen molar-refractivity contribution in [1.82, 2.24) is 30.0 Å². The number of nitrogen functional groups attached to an aromatic ring is 1. The monoisotopic (exact) mass is 748 g/mol. The Morgan fingerprint density at radius 3 is 2.65 bits per heavy atom. The molecule has 0 saturated carbocycles. The van der Waals surface area contributed by atoms with Crippen LogP contribution < -0.4 is 20.7 Å². The molecule has 2 saturated heterocycles. The number of alkyl halides is 3. The van der Waals surface area contributed by atoms with Crippen LogP contribution in [0.15, 0.2) is 18.0 Å². The van der Waals surface area contributed by atoms with Crippen molar-refractivity contribution < 1.29 is 36.2 Å². The minimum atomic E-state index is -4.93. The Balaban J connectivity index is 0.000000396. The quantitative estimate of drug-likeness (QED) is 0.196. The zero-order valence-corrected chi connectivity index (χ0v) is 29.6. The van der Waals surface area contributed by atoms with Gasteiger partial charge >= 0.3 is 12.2 Å². The summed E-state index contributed by atoms with van der Waals surface area (Å²) in [4.78, 5) is 25.4. The molecule has 6 heterocycles. The first kappa shape index (κ1) is 37.3. The first-order chi connectivity index (χ1) is 24.9. The van der Waals surface area contributed by atoms with Crippen molar-refractivity contribution in [1.29, 1.82) is 0 Å². The SMILES string of the molecule is CC#Cc1cc(N)c(F)c(C2Cc3nc(OC)nc(N4CCCn5nc(C(=O)NC)c(Cl)c5C4)c3CO2)c1C(F)(F)F.F/C=C1/CC2CCCN2C1. The Morgan fingerprint density at radius 2 is 1.98 bits per heavy atom. The van der Waals surface area contributed by atoms with Crippen molar-refractivity contribution in [2.45, 2.75) is 77.0 Å². The molecule has 3 N–H and O–H groups in total. The van der Waals surface area contributed by atoms with Crippen molar-refractivity contribution in [2.75, 3.05) is 44.4 Å². The third-order valence-corrected chi connectivity index (χ3v) is 10.1. The third-order valence-electron chi connectivity index (χ3n) is 9.67. The van der Waals surface area contributed by atoms with Gasteiger partial charge in [-0.1, -0.05) is 17.5 Å². The number of aryl methyl sites for hydroxylation is 1. The first-order valence-corrected chi connectivity index (χ1v) is 17.2. The molecule has 11 nitrogen and oxygen atoms in total. The van der Waals surface area contributed by atoms with E-state index in [0.717, 1.165) is 30.9 Å². The largest absolute Gasteiger partial charge is 0.467 e. The Hall–Kier alpha value is -4.46. The molecule has 52 heavy (non-hydrogen) atoms. The highest BCUT2D eigenvalue weighted by atomic mass is 35.5. The van der Waals surface area contributed by atoms with E-state index < -0.39 is 46.4 Å². The third kappa shape index (κ3) is 7.26. The van der Waals surface area contributed by atoms with E-state index in [9.17, 15) is 22.4 Å². The molecule has 0 aliphatic carbocycles. The standard InChI is InChI=1S/C27H26ClF4N7O3.C8H12FN/c1-4-6-13-9-15(33)22(29)19(20(13)27(30,31)32)18-10-16-14(12-42-18)24(36-26(35-16)41-3)38-7-5-8-39-17(11-38)21(28)23(37-39)25(40)34-2;9-5-7-4-8-2-1-3-10(8)6-7/h9,18H,5,7-8,10-12,33H2,1-3H3,(H,34,40);5,8H,1-4,6H2/b;7-5-. The molecule has 0 bridgehead atoms. The van der Waals surface area contributed by atoms with Crippen LogP contribution in [0.2, 0.25) is 5.02 Å². The summed E-state index contributed by atoms with van der Waals surface area (Å²) in [6.45, 7) is 4.45. The summed E-state index contributed by atoms with van der Waals surface area (Å²) in [5.41, 5.74) is 5.42. The summed E-state index contributed by atoms with van der Waals surface area (Å²) in [5.74, 6) is 3.58. The maximum atomic E-state index is 15.3.